The summed E-state index contributed by atoms with van der Waals surface area (Å²) in [5.41, 5.74) is 1.80. The average Bonchev–Trinajstić information content (AvgIpc) is 3.20. The number of anilines is 1. The van der Waals surface area contributed by atoms with Crippen molar-refractivity contribution >= 4 is 23.3 Å². The third kappa shape index (κ3) is 6.18. The van der Waals surface area contributed by atoms with Gasteiger partial charge in [-0.05, 0) is 49.9 Å². The van der Waals surface area contributed by atoms with Crippen molar-refractivity contribution in [3.05, 3.63) is 47.0 Å². The molecule has 0 heterocycles. The van der Waals surface area contributed by atoms with Crippen LogP contribution in [0.4, 0.5) is 10.5 Å². The minimum atomic E-state index is -0.259. The monoisotopic (exact) mass is 447 g/mol. The zero-order valence-corrected chi connectivity index (χ0v) is 18.9. The van der Waals surface area contributed by atoms with Crippen molar-refractivity contribution in [1.29, 1.82) is 0 Å². The van der Waals surface area contributed by atoms with Crippen molar-refractivity contribution in [3.8, 4) is 17.2 Å². The number of urea groups is 1. The molecule has 2 aromatic carbocycles. The summed E-state index contributed by atoms with van der Waals surface area (Å²) in [4.78, 5) is 12.6. The molecule has 0 aromatic heterocycles. The van der Waals surface area contributed by atoms with Crippen LogP contribution in [0.15, 0.2) is 36.4 Å². The standard InChI is InChI=1S/C23H30ClN3O4/c1-29-20-13-17(14-21(30-2)22(20)31-3)26-23(28)27-19-6-4-5-18(19)25-12-11-15-7-9-16(24)10-8-15/h7-10,13-14,18-19,25H,4-6,11-12H2,1-3H3,(H2,26,27,28). The topological polar surface area (TPSA) is 80.9 Å². The zero-order valence-electron chi connectivity index (χ0n) is 18.2. The smallest absolute Gasteiger partial charge is 0.319 e. The van der Waals surface area contributed by atoms with E-state index in [0.717, 1.165) is 37.3 Å². The molecule has 1 saturated carbocycles. The lowest BCUT2D eigenvalue weighted by atomic mass is 10.1. The number of ether oxygens (including phenoxy) is 3. The predicted molar refractivity (Wildman–Crippen MR) is 123 cm³/mol. The second kappa shape index (κ2) is 11.1. The van der Waals surface area contributed by atoms with Crippen LogP contribution in [-0.4, -0.2) is 46.0 Å². The van der Waals surface area contributed by atoms with Gasteiger partial charge in [0.25, 0.3) is 0 Å². The molecule has 1 aliphatic carbocycles. The highest BCUT2D eigenvalue weighted by Crippen LogP contribution is 2.39. The molecule has 0 spiro atoms. The van der Waals surface area contributed by atoms with Gasteiger partial charge in [-0.1, -0.05) is 23.7 Å². The van der Waals surface area contributed by atoms with E-state index in [1.165, 1.54) is 5.56 Å². The molecule has 0 aliphatic heterocycles. The van der Waals surface area contributed by atoms with Gasteiger partial charge in [-0.25, -0.2) is 4.79 Å². The van der Waals surface area contributed by atoms with Crippen LogP contribution in [0.5, 0.6) is 17.2 Å². The third-order valence-corrected chi connectivity index (χ3v) is 5.74. The van der Waals surface area contributed by atoms with E-state index in [-0.39, 0.29) is 18.1 Å². The maximum absolute atomic E-state index is 12.6. The highest BCUT2D eigenvalue weighted by atomic mass is 35.5. The van der Waals surface area contributed by atoms with Crippen LogP contribution in [0.3, 0.4) is 0 Å². The van der Waals surface area contributed by atoms with Crippen LogP contribution >= 0.6 is 11.6 Å². The molecule has 2 aromatic rings. The highest BCUT2D eigenvalue weighted by Gasteiger charge is 2.28. The fourth-order valence-corrected chi connectivity index (χ4v) is 4.04. The number of hydrogen-bond donors (Lipinski definition) is 3. The first-order valence-corrected chi connectivity index (χ1v) is 10.8. The molecule has 2 amide bonds. The average molecular weight is 448 g/mol. The van der Waals surface area contributed by atoms with Gasteiger partial charge in [-0.2, -0.15) is 0 Å². The summed E-state index contributed by atoms with van der Waals surface area (Å²) in [6.07, 6.45) is 3.97. The molecule has 3 rings (SSSR count). The Labute approximate surface area is 188 Å². The second-order valence-electron chi connectivity index (χ2n) is 7.49. The third-order valence-electron chi connectivity index (χ3n) is 5.49. The van der Waals surface area contributed by atoms with Gasteiger partial charge in [0.05, 0.1) is 27.0 Å². The molecule has 3 N–H and O–H groups in total. The first kappa shape index (κ1) is 23.0. The van der Waals surface area contributed by atoms with Crippen molar-refractivity contribution in [2.45, 2.75) is 37.8 Å². The molecule has 0 bridgehead atoms. The van der Waals surface area contributed by atoms with E-state index in [1.54, 1.807) is 33.5 Å². The Kier molecular flexibility index (Phi) is 8.26. The van der Waals surface area contributed by atoms with E-state index >= 15 is 0 Å². The van der Waals surface area contributed by atoms with Gasteiger partial charge in [-0.3, -0.25) is 0 Å². The maximum Gasteiger partial charge on any atom is 0.319 e. The number of nitrogens with one attached hydrogen (secondary N) is 3. The molecular formula is C23H30ClN3O4. The molecule has 7 nitrogen and oxygen atoms in total. The molecule has 31 heavy (non-hydrogen) atoms. The van der Waals surface area contributed by atoms with E-state index in [9.17, 15) is 4.79 Å². The minimum Gasteiger partial charge on any atom is -0.493 e. The number of halogens is 1. The zero-order chi connectivity index (χ0) is 22.2. The minimum absolute atomic E-state index is 0.0762. The van der Waals surface area contributed by atoms with Crippen LogP contribution in [0.25, 0.3) is 0 Å². The van der Waals surface area contributed by atoms with Gasteiger partial charge >= 0.3 is 6.03 Å². The number of carbonyl (C=O) groups is 1. The number of methoxy groups -OCH3 is 3. The van der Waals surface area contributed by atoms with Gasteiger partial charge in [0.1, 0.15) is 0 Å². The largest absolute Gasteiger partial charge is 0.493 e. The first-order chi connectivity index (χ1) is 15.0. The predicted octanol–water partition coefficient (Wildman–Crippen LogP) is 4.24. The summed E-state index contributed by atoms with van der Waals surface area (Å²) in [7, 11) is 4.63. The molecular weight excluding hydrogens is 418 g/mol. The summed E-state index contributed by atoms with van der Waals surface area (Å²) in [6, 6.07) is 11.4. The lowest BCUT2D eigenvalue weighted by molar-refractivity contribution is 0.246. The van der Waals surface area contributed by atoms with Gasteiger partial charge in [0, 0.05) is 29.2 Å². The fraction of sp³-hybridized carbons (Fsp3) is 0.435. The molecule has 1 aliphatic rings. The van der Waals surface area contributed by atoms with Gasteiger partial charge in [-0.15, -0.1) is 0 Å². The van der Waals surface area contributed by atoms with Gasteiger partial charge in [0.15, 0.2) is 11.5 Å². The van der Waals surface area contributed by atoms with Crippen molar-refractivity contribution in [2.75, 3.05) is 33.2 Å². The maximum atomic E-state index is 12.6. The molecule has 2 unspecified atom stereocenters. The summed E-state index contributed by atoms with van der Waals surface area (Å²) in [6.45, 7) is 0.846. The SMILES string of the molecule is COc1cc(NC(=O)NC2CCCC2NCCc2ccc(Cl)cc2)cc(OC)c1OC. The van der Waals surface area contributed by atoms with Crippen molar-refractivity contribution in [3.63, 3.8) is 0 Å². The number of hydrogen-bond acceptors (Lipinski definition) is 5. The Morgan fingerprint density at radius 3 is 2.26 bits per heavy atom. The Hall–Kier alpha value is -2.64. The summed E-state index contributed by atoms with van der Waals surface area (Å²) in [5, 5.41) is 10.3. The molecule has 0 radical (unpaired) electrons. The summed E-state index contributed by atoms with van der Waals surface area (Å²) < 4.78 is 16.0. The summed E-state index contributed by atoms with van der Waals surface area (Å²) in [5.74, 6) is 1.45. The Balaban J connectivity index is 1.54. The number of amides is 2. The van der Waals surface area contributed by atoms with E-state index in [0.29, 0.717) is 22.9 Å². The van der Waals surface area contributed by atoms with Gasteiger partial charge in [0.2, 0.25) is 5.75 Å². The van der Waals surface area contributed by atoms with Crippen LogP contribution in [-0.2, 0) is 6.42 Å². The Morgan fingerprint density at radius 1 is 1.00 bits per heavy atom. The van der Waals surface area contributed by atoms with Crippen molar-refractivity contribution in [2.24, 2.45) is 0 Å². The van der Waals surface area contributed by atoms with Crippen molar-refractivity contribution < 1.29 is 19.0 Å². The van der Waals surface area contributed by atoms with Gasteiger partial charge < -0.3 is 30.2 Å². The Bertz CT molecular complexity index is 851. The lowest BCUT2D eigenvalue weighted by Crippen LogP contribution is -2.48. The van der Waals surface area contributed by atoms with E-state index in [2.05, 4.69) is 16.0 Å². The van der Waals surface area contributed by atoms with E-state index in [1.807, 2.05) is 24.3 Å². The quantitative estimate of drug-likeness (QED) is 0.535. The Morgan fingerprint density at radius 2 is 1.65 bits per heavy atom. The normalized spacial score (nSPS) is 17.8. The van der Waals surface area contributed by atoms with E-state index in [4.69, 9.17) is 25.8 Å². The number of benzene rings is 2. The van der Waals surface area contributed by atoms with E-state index < -0.39 is 0 Å². The van der Waals surface area contributed by atoms with Crippen LogP contribution in [0, 0.1) is 0 Å². The second-order valence-corrected chi connectivity index (χ2v) is 7.92. The number of carbonyl (C=O) groups excluding carboxylic acids is 1. The van der Waals surface area contributed by atoms with Crippen LogP contribution < -0.4 is 30.2 Å². The fourth-order valence-electron chi connectivity index (χ4n) is 3.92. The van der Waals surface area contributed by atoms with Crippen LogP contribution in [0.2, 0.25) is 5.02 Å². The van der Waals surface area contributed by atoms with Crippen LogP contribution in [0.1, 0.15) is 24.8 Å². The molecule has 8 heteroatoms. The number of rotatable bonds is 9. The molecule has 0 saturated heterocycles. The first-order valence-electron chi connectivity index (χ1n) is 10.4. The van der Waals surface area contributed by atoms with Crippen molar-refractivity contribution in [1.82, 2.24) is 10.6 Å². The molecule has 168 valence electrons. The highest BCUT2D eigenvalue weighted by molar-refractivity contribution is 6.30. The summed E-state index contributed by atoms with van der Waals surface area (Å²) >= 11 is 5.94. The molecule has 2 atom stereocenters. The lowest BCUT2D eigenvalue weighted by Gasteiger charge is -2.23. The molecule has 1 fully saturated rings.